The third kappa shape index (κ3) is 6.80. The Hall–Kier alpha value is -2.12. The Balaban J connectivity index is 1.75. The zero-order valence-electron chi connectivity index (χ0n) is 17.6. The molecule has 1 aromatic carbocycles. The third-order valence-electron chi connectivity index (χ3n) is 5.28. The molecule has 28 heavy (non-hydrogen) atoms. The molecule has 7 nitrogen and oxygen atoms in total. The first-order valence-electron chi connectivity index (χ1n) is 9.98. The van der Waals surface area contributed by atoms with E-state index >= 15 is 0 Å². The van der Waals surface area contributed by atoms with Crippen molar-refractivity contribution in [1.29, 1.82) is 0 Å². The van der Waals surface area contributed by atoms with E-state index in [-0.39, 0.29) is 17.9 Å². The van der Waals surface area contributed by atoms with E-state index in [1.807, 2.05) is 31.2 Å². The fourth-order valence-electron chi connectivity index (χ4n) is 3.30. The van der Waals surface area contributed by atoms with Crippen LogP contribution in [0.15, 0.2) is 24.3 Å². The Kier molecular flexibility index (Phi) is 8.73. The van der Waals surface area contributed by atoms with E-state index < -0.39 is 0 Å². The second-order valence-electron chi connectivity index (χ2n) is 7.52. The summed E-state index contributed by atoms with van der Waals surface area (Å²) in [6.45, 7) is 6.40. The maximum absolute atomic E-state index is 12.5. The lowest BCUT2D eigenvalue weighted by atomic mass is 10.1. The molecule has 0 aromatic heterocycles. The lowest BCUT2D eigenvalue weighted by molar-refractivity contribution is -0.130. The van der Waals surface area contributed by atoms with Crippen molar-refractivity contribution in [3.05, 3.63) is 29.8 Å². The molecule has 1 heterocycles. The number of carbonyl (C=O) groups excluding carboxylic acids is 2. The van der Waals surface area contributed by atoms with E-state index in [0.29, 0.717) is 13.1 Å². The molecule has 1 N–H and O–H groups in total. The number of likely N-dealkylation sites (N-methyl/N-ethyl adjacent to an activating group) is 1. The molecule has 0 saturated carbocycles. The van der Waals surface area contributed by atoms with Gasteiger partial charge in [-0.15, -0.1) is 0 Å². The Morgan fingerprint density at radius 3 is 2.50 bits per heavy atom. The van der Waals surface area contributed by atoms with Gasteiger partial charge in [-0.25, -0.2) is 0 Å². The molecule has 0 aliphatic carbocycles. The van der Waals surface area contributed by atoms with E-state index in [2.05, 4.69) is 15.1 Å². The van der Waals surface area contributed by atoms with Crippen molar-refractivity contribution in [1.82, 2.24) is 20.0 Å². The van der Waals surface area contributed by atoms with Crippen molar-refractivity contribution in [2.24, 2.45) is 0 Å². The zero-order valence-corrected chi connectivity index (χ0v) is 17.6. The summed E-state index contributed by atoms with van der Waals surface area (Å²) < 4.78 is 5.16. The first kappa shape index (κ1) is 22.2. The largest absolute Gasteiger partial charge is 0.497 e. The number of hydrogen-bond donors (Lipinski definition) is 1. The summed E-state index contributed by atoms with van der Waals surface area (Å²) in [5, 5.41) is 3.05. The molecule has 1 unspecified atom stereocenters. The molecule has 1 aromatic rings. The molecule has 2 rings (SSSR count). The highest BCUT2D eigenvalue weighted by Crippen LogP contribution is 2.11. The Bertz CT molecular complexity index is 633. The molecule has 156 valence electrons. The Labute approximate surface area is 168 Å². The highest BCUT2D eigenvalue weighted by Gasteiger charge is 2.24. The van der Waals surface area contributed by atoms with Gasteiger partial charge in [-0.1, -0.05) is 12.1 Å². The first-order chi connectivity index (χ1) is 13.4. The first-order valence-corrected chi connectivity index (χ1v) is 9.98. The lowest BCUT2D eigenvalue weighted by Crippen LogP contribution is -2.47. The van der Waals surface area contributed by atoms with Crippen LogP contribution in [0.25, 0.3) is 0 Å². The van der Waals surface area contributed by atoms with Gasteiger partial charge in [0.05, 0.1) is 19.7 Å². The van der Waals surface area contributed by atoms with Crippen LogP contribution in [-0.4, -0.2) is 93.0 Å². The normalized spacial score (nSPS) is 16.9. The number of methoxy groups -OCH3 is 1. The van der Waals surface area contributed by atoms with Crippen LogP contribution in [0.2, 0.25) is 0 Å². The predicted molar refractivity (Wildman–Crippen MR) is 110 cm³/mol. The minimum Gasteiger partial charge on any atom is -0.497 e. The standard InChI is InChI=1S/C21H34N4O3/c1-17(21(27)22-11-10-18-6-8-19(28-4)9-7-18)25-13-5-12-24(14-15-25)16-20(26)23(2)3/h6-9,17H,5,10-16H2,1-4H3,(H,22,27). The summed E-state index contributed by atoms with van der Waals surface area (Å²) in [5.41, 5.74) is 1.17. The summed E-state index contributed by atoms with van der Waals surface area (Å²) >= 11 is 0. The number of nitrogens with zero attached hydrogens (tertiary/aromatic N) is 3. The van der Waals surface area contributed by atoms with Gasteiger partial charge < -0.3 is 15.0 Å². The highest BCUT2D eigenvalue weighted by atomic mass is 16.5. The summed E-state index contributed by atoms with van der Waals surface area (Å²) in [6, 6.07) is 7.74. The van der Waals surface area contributed by atoms with E-state index in [1.165, 1.54) is 5.56 Å². The number of nitrogens with one attached hydrogen (secondary N) is 1. The van der Waals surface area contributed by atoms with Gasteiger partial charge in [0.15, 0.2) is 0 Å². The molecular weight excluding hydrogens is 356 g/mol. The van der Waals surface area contributed by atoms with Gasteiger partial charge in [0.25, 0.3) is 0 Å². The number of carbonyl (C=O) groups is 2. The van der Waals surface area contributed by atoms with Gasteiger partial charge in [-0.2, -0.15) is 0 Å². The van der Waals surface area contributed by atoms with Crippen molar-refractivity contribution in [2.75, 3.05) is 60.5 Å². The SMILES string of the molecule is COc1ccc(CCNC(=O)C(C)N2CCCN(CC(=O)N(C)C)CC2)cc1. The van der Waals surface area contributed by atoms with Crippen LogP contribution in [0.1, 0.15) is 18.9 Å². The topological polar surface area (TPSA) is 65.1 Å². The van der Waals surface area contributed by atoms with Crippen LogP contribution >= 0.6 is 0 Å². The zero-order chi connectivity index (χ0) is 20.5. The number of amides is 2. The Morgan fingerprint density at radius 2 is 1.86 bits per heavy atom. The van der Waals surface area contributed by atoms with Crippen LogP contribution in [0.3, 0.4) is 0 Å². The quantitative estimate of drug-likeness (QED) is 0.713. The van der Waals surface area contributed by atoms with Crippen LogP contribution in [-0.2, 0) is 16.0 Å². The van der Waals surface area contributed by atoms with E-state index in [1.54, 1.807) is 26.1 Å². The monoisotopic (exact) mass is 390 g/mol. The molecule has 1 aliphatic heterocycles. The summed E-state index contributed by atoms with van der Waals surface area (Å²) in [5.74, 6) is 1.02. The van der Waals surface area contributed by atoms with Crippen molar-refractivity contribution in [3.63, 3.8) is 0 Å². The number of ether oxygens (including phenoxy) is 1. The maximum atomic E-state index is 12.5. The number of hydrogen-bond acceptors (Lipinski definition) is 5. The molecule has 1 atom stereocenters. The van der Waals surface area contributed by atoms with Crippen molar-refractivity contribution in [2.45, 2.75) is 25.8 Å². The fraction of sp³-hybridized carbons (Fsp3) is 0.619. The van der Waals surface area contributed by atoms with Gasteiger partial charge in [-0.05, 0) is 44.0 Å². The van der Waals surface area contributed by atoms with E-state index in [9.17, 15) is 9.59 Å². The summed E-state index contributed by atoms with van der Waals surface area (Å²) in [7, 11) is 5.22. The van der Waals surface area contributed by atoms with Crippen LogP contribution in [0.4, 0.5) is 0 Å². The van der Waals surface area contributed by atoms with Crippen molar-refractivity contribution < 1.29 is 14.3 Å². The minimum absolute atomic E-state index is 0.0614. The molecule has 1 fully saturated rings. The molecule has 0 spiro atoms. The van der Waals surface area contributed by atoms with Crippen molar-refractivity contribution in [3.8, 4) is 5.75 Å². The molecule has 1 saturated heterocycles. The van der Waals surface area contributed by atoms with Gasteiger partial charge in [-0.3, -0.25) is 19.4 Å². The van der Waals surface area contributed by atoms with E-state index in [4.69, 9.17) is 4.74 Å². The Morgan fingerprint density at radius 1 is 1.14 bits per heavy atom. The summed E-state index contributed by atoms with van der Waals surface area (Å²) in [6.07, 6.45) is 1.76. The molecule has 1 aliphatic rings. The average Bonchev–Trinajstić information content (AvgIpc) is 2.93. The van der Waals surface area contributed by atoms with E-state index in [0.717, 1.165) is 44.8 Å². The van der Waals surface area contributed by atoms with Gasteiger partial charge in [0, 0.05) is 40.3 Å². The smallest absolute Gasteiger partial charge is 0.237 e. The second-order valence-corrected chi connectivity index (χ2v) is 7.52. The second kappa shape index (κ2) is 11.0. The molecule has 0 radical (unpaired) electrons. The van der Waals surface area contributed by atoms with Gasteiger partial charge in [0.1, 0.15) is 5.75 Å². The molecule has 0 bridgehead atoms. The van der Waals surface area contributed by atoms with Gasteiger partial charge in [0.2, 0.25) is 11.8 Å². The molecular formula is C21H34N4O3. The third-order valence-corrected chi connectivity index (χ3v) is 5.28. The van der Waals surface area contributed by atoms with Crippen molar-refractivity contribution >= 4 is 11.8 Å². The van der Waals surface area contributed by atoms with Crippen LogP contribution in [0.5, 0.6) is 5.75 Å². The molecule has 2 amide bonds. The van der Waals surface area contributed by atoms with Crippen LogP contribution < -0.4 is 10.1 Å². The maximum Gasteiger partial charge on any atom is 0.237 e. The average molecular weight is 391 g/mol. The number of benzene rings is 1. The fourth-order valence-corrected chi connectivity index (χ4v) is 3.30. The predicted octanol–water partition coefficient (Wildman–Crippen LogP) is 0.838. The van der Waals surface area contributed by atoms with Crippen LogP contribution in [0, 0.1) is 0 Å². The van der Waals surface area contributed by atoms with Gasteiger partial charge >= 0.3 is 0 Å². The number of rotatable bonds is 8. The molecule has 7 heteroatoms. The highest BCUT2D eigenvalue weighted by molar-refractivity contribution is 5.81. The lowest BCUT2D eigenvalue weighted by Gasteiger charge is -2.27. The minimum atomic E-state index is -0.166. The summed E-state index contributed by atoms with van der Waals surface area (Å²) in [4.78, 5) is 30.5.